The van der Waals surface area contributed by atoms with E-state index >= 15 is 0 Å². The highest BCUT2D eigenvalue weighted by molar-refractivity contribution is 5.98. The molecule has 34 heavy (non-hydrogen) atoms. The Morgan fingerprint density at radius 3 is 2.53 bits per heavy atom. The minimum atomic E-state index is -0.439. The second kappa shape index (κ2) is 9.18. The van der Waals surface area contributed by atoms with Gasteiger partial charge >= 0.3 is 0 Å². The van der Waals surface area contributed by atoms with Crippen LogP contribution >= 0.6 is 0 Å². The van der Waals surface area contributed by atoms with Crippen LogP contribution in [0.4, 0.5) is 4.39 Å². The summed E-state index contributed by atoms with van der Waals surface area (Å²) in [5.74, 6) is -0.158. The highest BCUT2D eigenvalue weighted by Gasteiger charge is 2.51. The third kappa shape index (κ3) is 4.30. The van der Waals surface area contributed by atoms with Crippen LogP contribution in [-0.4, -0.2) is 48.9 Å². The molecule has 5 rings (SSSR count). The number of hydrogen-bond donors (Lipinski definition) is 2. The second-order valence-corrected chi connectivity index (χ2v) is 9.71. The van der Waals surface area contributed by atoms with Gasteiger partial charge in [0.1, 0.15) is 5.82 Å². The summed E-state index contributed by atoms with van der Waals surface area (Å²) in [6.07, 6.45) is 1.51. The van der Waals surface area contributed by atoms with E-state index in [0.717, 1.165) is 48.8 Å². The molecular formula is C28H30FN3O2. The van der Waals surface area contributed by atoms with Crippen LogP contribution in [0.2, 0.25) is 0 Å². The van der Waals surface area contributed by atoms with E-state index in [1.807, 2.05) is 49.4 Å². The van der Waals surface area contributed by atoms with Gasteiger partial charge in [-0.2, -0.15) is 0 Å². The van der Waals surface area contributed by atoms with Crippen molar-refractivity contribution in [1.29, 1.82) is 0 Å². The molecule has 5 nitrogen and oxygen atoms in total. The van der Waals surface area contributed by atoms with Gasteiger partial charge in [-0.3, -0.25) is 9.59 Å². The Kier molecular flexibility index (Phi) is 6.09. The van der Waals surface area contributed by atoms with Crippen molar-refractivity contribution in [3.8, 4) is 0 Å². The van der Waals surface area contributed by atoms with Crippen LogP contribution in [0.25, 0.3) is 10.8 Å². The van der Waals surface area contributed by atoms with Gasteiger partial charge in [-0.05, 0) is 73.5 Å². The fourth-order valence-electron chi connectivity index (χ4n) is 5.64. The number of nitrogens with one attached hydrogen (secondary N) is 2. The topological polar surface area (TPSA) is 61.4 Å². The van der Waals surface area contributed by atoms with Crippen molar-refractivity contribution in [1.82, 2.24) is 15.5 Å². The van der Waals surface area contributed by atoms with E-state index < -0.39 is 5.41 Å². The second-order valence-electron chi connectivity index (χ2n) is 9.71. The largest absolute Gasteiger partial charge is 0.355 e. The first-order valence-corrected chi connectivity index (χ1v) is 12.0. The Hall–Kier alpha value is -3.25. The SMILES string of the molecule is C[C@@H](CN1CCC2(CC1)C(=O)NCC2c1ccc(F)cc1)NC(=O)c1ccc2ccccc2c1. The summed E-state index contributed by atoms with van der Waals surface area (Å²) in [6.45, 7) is 4.94. The van der Waals surface area contributed by atoms with E-state index in [1.54, 1.807) is 12.1 Å². The maximum absolute atomic E-state index is 13.4. The molecule has 0 saturated carbocycles. The number of fused-ring (bicyclic) bond motifs is 1. The molecule has 6 heteroatoms. The van der Waals surface area contributed by atoms with Gasteiger partial charge in [0.25, 0.3) is 5.91 Å². The van der Waals surface area contributed by atoms with Crippen LogP contribution in [0.3, 0.4) is 0 Å². The van der Waals surface area contributed by atoms with Crippen LogP contribution in [0.5, 0.6) is 0 Å². The van der Waals surface area contributed by atoms with Gasteiger partial charge < -0.3 is 15.5 Å². The average molecular weight is 460 g/mol. The molecule has 0 aromatic heterocycles. The number of nitrogens with zero attached hydrogens (tertiary/aromatic N) is 1. The summed E-state index contributed by atoms with van der Waals surface area (Å²) < 4.78 is 13.4. The Balaban J connectivity index is 1.19. The maximum atomic E-state index is 13.4. The molecule has 3 aromatic rings. The van der Waals surface area contributed by atoms with Crippen molar-refractivity contribution in [3.63, 3.8) is 0 Å². The van der Waals surface area contributed by atoms with E-state index in [9.17, 15) is 14.0 Å². The Labute approximate surface area is 199 Å². The number of hydrogen-bond acceptors (Lipinski definition) is 3. The number of carbonyl (C=O) groups excluding carboxylic acids is 2. The molecule has 2 saturated heterocycles. The van der Waals surface area contributed by atoms with Crippen molar-refractivity contribution in [2.24, 2.45) is 5.41 Å². The molecule has 2 fully saturated rings. The van der Waals surface area contributed by atoms with Gasteiger partial charge in [-0.1, -0.05) is 42.5 Å². The summed E-state index contributed by atoms with van der Waals surface area (Å²) >= 11 is 0. The van der Waals surface area contributed by atoms with E-state index in [0.29, 0.717) is 12.1 Å². The van der Waals surface area contributed by atoms with Crippen LogP contribution in [0.15, 0.2) is 66.7 Å². The van der Waals surface area contributed by atoms with Crippen molar-refractivity contribution >= 4 is 22.6 Å². The lowest BCUT2D eigenvalue weighted by molar-refractivity contribution is -0.130. The van der Waals surface area contributed by atoms with Crippen LogP contribution in [0.1, 0.15) is 41.6 Å². The molecule has 2 atom stereocenters. The standard InChI is InChI=1S/C28H30FN3O2/c1-19(31-26(33)23-7-6-20-4-2-3-5-22(20)16-23)18-32-14-12-28(13-15-32)25(17-30-27(28)34)21-8-10-24(29)11-9-21/h2-11,16,19,25H,12-15,17-18H2,1H3,(H,30,34)(H,31,33)/t19-,25?/m0/s1. The van der Waals surface area contributed by atoms with Crippen molar-refractivity contribution in [2.75, 3.05) is 26.2 Å². The summed E-state index contributed by atoms with van der Waals surface area (Å²) in [5.41, 5.74) is 1.24. The van der Waals surface area contributed by atoms with Crippen molar-refractivity contribution in [3.05, 3.63) is 83.7 Å². The van der Waals surface area contributed by atoms with E-state index in [1.165, 1.54) is 12.1 Å². The third-order valence-corrected chi connectivity index (χ3v) is 7.53. The number of likely N-dealkylation sites (tertiary alicyclic amines) is 1. The fourth-order valence-corrected chi connectivity index (χ4v) is 5.64. The number of rotatable bonds is 5. The highest BCUT2D eigenvalue weighted by Crippen LogP contribution is 2.47. The number of benzene rings is 3. The first-order chi connectivity index (χ1) is 16.4. The lowest BCUT2D eigenvalue weighted by Crippen LogP contribution is -2.49. The van der Waals surface area contributed by atoms with Gasteiger partial charge in [0.2, 0.25) is 5.91 Å². The maximum Gasteiger partial charge on any atom is 0.251 e. The monoisotopic (exact) mass is 459 g/mol. The Bertz CT molecular complexity index is 1200. The predicted molar refractivity (Wildman–Crippen MR) is 131 cm³/mol. The molecule has 0 radical (unpaired) electrons. The van der Waals surface area contributed by atoms with Crippen LogP contribution < -0.4 is 10.6 Å². The molecule has 2 aliphatic heterocycles. The number of halogens is 1. The van der Waals surface area contributed by atoms with E-state index in [2.05, 4.69) is 15.5 Å². The molecule has 0 bridgehead atoms. The summed E-state index contributed by atoms with van der Waals surface area (Å²) in [7, 11) is 0. The van der Waals surface area contributed by atoms with E-state index in [4.69, 9.17) is 0 Å². The molecule has 1 spiro atoms. The molecule has 176 valence electrons. The molecule has 2 N–H and O–H groups in total. The van der Waals surface area contributed by atoms with Crippen LogP contribution in [0, 0.1) is 11.2 Å². The molecule has 1 unspecified atom stereocenters. The highest BCUT2D eigenvalue weighted by atomic mass is 19.1. The fraction of sp³-hybridized carbons (Fsp3) is 0.357. The van der Waals surface area contributed by atoms with Gasteiger partial charge in [0.15, 0.2) is 0 Å². The van der Waals surface area contributed by atoms with Crippen molar-refractivity contribution < 1.29 is 14.0 Å². The lowest BCUT2D eigenvalue weighted by atomic mass is 9.68. The molecule has 2 aliphatic rings. The molecular weight excluding hydrogens is 429 g/mol. The van der Waals surface area contributed by atoms with Gasteiger partial charge in [0, 0.05) is 30.6 Å². The summed E-state index contributed by atoms with van der Waals surface area (Å²) in [5, 5.41) is 8.34. The summed E-state index contributed by atoms with van der Waals surface area (Å²) in [4.78, 5) is 28.0. The van der Waals surface area contributed by atoms with Gasteiger partial charge in [-0.25, -0.2) is 4.39 Å². The molecule has 2 amide bonds. The first-order valence-electron chi connectivity index (χ1n) is 12.0. The minimum Gasteiger partial charge on any atom is -0.355 e. The molecule has 2 heterocycles. The first kappa shape index (κ1) is 22.5. The summed E-state index contributed by atoms with van der Waals surface area (Å²) in [6, 6.07) is 20.3. The van der Waals surface area contributed by atoms with Crippen molar-refractivity contribution in [2.45, 2.75) is 31.7 Å². The smallest absolute Gasteiger partial charge is 0.251 e. The van der Waals surface area contributed by atoms with Crippen LogP contribution in [-0.2, 0) is 4.79 Å². The predicted octanol–water partition coefficient (Wildman–Crippen LogP) is 4.09. The third-order valence-electron chi connectivity index (χ3n) is 7.53. The zero-order valence-electron chi connectivity index (χ0n) is 19.4. The number of carbonyl (C=O) groups is 2. The van der Waals surface area contributed by atoms with Gasteiger partial charge in [0.05, 0.1) is 5.41 Å². The quantitative estimate of drug-likeness (QED) is 0.604. The Morgan fingerprint density at radius 1 is 1.09 bits per heavy atom. The average Bonchev–Trinajstić information content (AvgIpc) is 3.16. The van der Waals surface area contributed by atoms with Gasteiger partial charge in [-0.15, -0.1) is 0 Å². The zero-order chi connectivity index (χ0) is 23.7. The molecule has 3 aromatic carbocycles. The molecule has 0 aliphatic carbocycles. The minimum absolute atomic E-state index is 0.0154. The lowest BCUT2D eigenvalue weighted by Gasteiger charge is -2.41. The number of piperidine rings is 1. The normalized spacial score (nSPS) is 20.9. The number of amides is 2. The Morgan fingerprint density at radius 2 is 1.79 bits per heavy atom. The van der Waals surface area contributed by atoms with E-state index in [-0.39, 0.29) is 29.6 Å². The zero-order valence-corrected chi connectivity index (χ0v) is 19.4.